The number of alkyl halides is 1. The minimum atomic E-state index is 0.446. The molecule has 11 heavy (non-hydrogen) atoms. The molecule has 0 radical (unpaired) electrons. The first-order chi connectivity index (χ1) is 5.38. The van der Waals surface area contributed by atoms with E-state index in [1.165, 1.54) is 25.7 Å². The van der Waals surface area contributed by atoms with E-state index in [-0.39, 0.29) is 0 Å². The van der Waals surface area contributed by atoms with Crippen LogP contribution in [0.4, 0.5) is 0 Å². The minimum Gasteiger partial charge on any atom is -0.381 e. The summed E-state index contributed by atoms with van der Waals surface area (Å²) in [5.74, 6) is 1.54. The van der Waals surface area contributed by atoms with Crippen molar-refractivity contribution in [3.63, 3.8) is 0 Å². The van der Waals surface area contributed by atoms with Crippen LogP contribution in [0, 0.1) is 11.8 Å². The number of rotatable bonds is 1. The third kappa shape index (κ3) is 1.54. The monoisotopic (exact) mass is 174 g/mol. The van der Waals surface area contributed by atoms with Crippen LogP contribution in [0.2, 0.25) is 0 Å². The zero-order valence-electron chi connectivity index (χ0n) is 6.76. The lowest BCUT2D eigenvalue weighted by Gasteiger charge is -2.19. The maximum atomic E-state index is 6.20. The molecular formula is C9H15ClO. The van der Waals surface area contributed by atoms with Gasteiger partial charge in [0, 0.05) is 18.6 Å². The van der Waals surface area contributed by atoms with Crippen LogP contribution in [0.3, 0.4) is 0 Å². The molecule has 0 aromatic carbocycles. The molecule has 1 saturated heterocycles. The van der Waals surface area contributed by atoms with Crippen LogP contribution in [0.5, 0.6) is 0 Å². The molecular weight excluding hydrogens is 160 g/mol. The summed E-state index contributed by atoms with van der Waals surface area (Å²) in [4.78, 5) is 0. The van der Waals surface area contributed by atoms with E-state index in [4.69, 9.17) is 16.3 Å². The van der Waals surface area contributed by atoms with Gasteiger partial charge in [0.05, 0.1) is 0 Å². The number of ether oxygens (including phenoxy) is 1. The van der Waals surface area contributed by atoms with Crippen LogP contribution < -0.4 is 0 Å². The summed E-state index contributed by atoms with van der Waals surface area (Å²) in [6.07, 6.45) is 5.13. The molecule has 1 aliphatic carbocycles. The highest BCUT2D eigenvalue weighted by atomic mass is 35.5. The highest BCUT2D eigenvalue weighted by molar-refractivity contribution is 6.20. The van der Waals surface area contributed by atoms with Crippen molar-refractivity contribution in [3.05, 3.63) is 0 Å². The SMILES string of the molecule is ClC1CCCC1C1CCOC1. The summed E-state index contributed by atoms with van der Waals surface area (Å²) in [5, 5.41) is 0.446. The molecule has 0 N–H and O–H groups in total. The van der Waals surface area contributed by atoms with Gasteiger partial charge in [-0.25, -0.2) is 0 Å². The zero-order valence-corrected chi connectivity index (χ0v) is 7.52. The fraction of sp³-hybridized carbons (Fsp3) is 1.00. The third-order valence-electron chi connectivity index (χ3n) is 3.05. The van der Waals surface area contributed by atoms with Crippen molar-refractivity contribution in [2.45, 2.75) is 31.1 Å². The lowest BCUT2D eigenvalue weighted by Crippen LogP contribution is -2.19. The fourth-order valence-electron chi connectivity index (χ4n) is 2.36. The first kappa shape index (κ1) is 7.88. The van der Waals surface area contributed by atoms with Gasteiger partial charge in [0.1, 0.15) is 0 Å². The molecule has 1 saturated carbocycles. The number of hydrogen-bond donors (Lipinski definition) is 0. The van der Waals surface area contributed by atoms with E-state index in [1.54, 1.807) is 0 Å². The van der Waals surface area contributed by atoms with E-state index in [0.29, 0.717) is 5.38 Å². The topological polar surface area (TPSA) is 9.23 Å². The summed E-state index contributed by atoms with van der Waals surface area (Å²) in [6.45, 7) is 1.93. The largest absolute Gasteiger partial charge is 0.381 e. The molecule has 1 nitrogen and oxygen atoms in total. The van der Waals surface area contributed by atoms with Gasteiger partial charge in [-0.2, -0.15) is 0 Å². The molecule has 1 aliphatic heterocycles. The number of halogens is 1. The maximum absolute atomic E-state index is 6.20. The van der Waals surface area contributed by atoms with Gasteiger partial charge in [-0.1, -0.05) is 6.42 Å². The Balaban J connectivity index is 1.92. The normalized spacial score (nSPS) is 45.0. The Morgan fingerprint density at radius 2 is 2.09 bits per heavy atom. The molecule has 0 bridgehead atoms. The van der Waals surface area contributed by atoms with E-state index < -0.39 is 0 Å². The van der Waals surface area contributed by atoms with Crippen LogP contribution in [-0.4, -0.2) is 18.6 Å². The van der Waals surface area contributed by atoms with Crippen molar-refractivity contribution in [2.75, 3.05) is 13.2 Å². The first-order valence-electron chi connectivity index (χ1n) is 4.60. The lowest BCUT2D eigenvalue weighted by molar-refractivity contribution is 0.173. The van der Waals surface area contributed by atoms with E-state index >= 15 is 0 Å². The summed E-state index contributed by atoms with van der Waals surface area (Å²) in [5.41, 5.74) is 0. The second-order valence-electron chi connectivity index (χ2n) is 3.73. The Morgan fingerprint density at radius 3 is 2.64 bits per heavy atom. The van der Waals surface area contributed by atoms with E-state index in [0.717, 1.165) is 25.0 Å². The standard InChI is InChI=1S/C9H15ClO/c10-9-3-1-2-8(9)7-4-5-11-6-7/h7-9H,1-6H2. The third-order valence-corrected chi connectivity index (χ3v) is 3.59. The fourth-order valence-corrected chi connectivity index (χ4v) is 2.85. The number of hydrogen-bond acceptors (Lipinski definition) is 1. The summed E-state index contributed by atoms with van der Waals surface area (Å²) < 4.78 is 5.36. The van der Waals surface area contributed by atoms with Crippen molar-refractivity contribution >= 4 is 11.6 Å². The second-order valence-corrected chi connectivity index (χ2v) is 4.30. The van der Waals surface area contributed by atoms with E-state index in [1.807, 2.05) is 0 Å². The van der Waals surface area contributed by atoms with Crippen LogP contribution >= 0.6 is 11.6 Å². The molecule has 0 spiro atoms. The Hall–Kier alpha value is 0.250. The molecule has 2 fully saturated rings. The molecule has 64 valence electrons. The van der Waals surface area contributed by atoms with E-state index in [2.05, 4.69) is 0 Å². The average molecular weight is 175 g/mol. The molecule has 2 rings (SSSR count). The van der Waals surface area contributed by atoms with Crippen molar-refractivity contribution < 1.29 is 4.74 Å². The van der Waals surface area contributed by atoms with Crippen molar-refractivity contribution in [1.82, 2.24) is 0 Å². The Kier molecular flexibility index (Phi) is 2.38. The Morgan fingerprint density at radius 1 is 1.18 bits per heavy atom. The molecule has 1 heterocycles. The smallest absolute Gasteiger partial charge is 0.0498 e. The molecule has 0 aromatic heterocycles. The Labute approximate surface area is 73.1 Å². The van der Waals surface area contributed by atoms with Gasteiger partial charge < -0.3 is 4.74 Å². The first-order valence-corrected chi connectivity index (χ1v) is 5.03. The van der Waals surface area contributed by atoms with Gasteiger partial charge in [0.15, 0.2) is 0 Å². The minimum absolute atomic E-state index is 0.446. The predicted octanol–water partition coefficient (Wildman–Crippen LogP) is 2.43. The molecule has 3 atom stereocenters. The summed E-state index contributed by atoms with van der Waals surface area (Å²) >= 11 is 6.20. The molecule has 0 aromatic rings. The van der Waals surface area contributed by atoms with Crippen molar-refractivity contribution in [1.29, 1.82) is 0 Å². The van der Waals surface area contributed by atoms with Gasteiger partial charge in [-0.05, 0) is 31.1 Å². The van der Waals surface area contributed by atoms with Gasteiger partial charge in [0.2, 0.25) is 0 Å². The highest BCUT2D eigenvalue weighted by Gasteiger charge is 2.34. The van der Waals surface area contributed by atoms with Crippen LogP contribution in [0.25, 0.3) is 0 Å². The molecule has 0 amide bonds. The maximum Gasteiger partial charge on any atom is 0.0498 e. The van der Waals surface area contributed by atoms with Gasteiger partial charge in [-0.3, -0.25) is 0 Å². The lowest BCUT2D eigenvalue weighted by atomic mass is 9.90. The second kappa shape index (κ2) is 3.32. The van der Waals surface area contributed by atoms with Gasteiger partial charge in [-0.15, -0.1) is 11.6 Å². The molecule has 2 aliphatic rings. The molecule has 2 heteroatoms. The van der Waals surface area contributed by atoms with Crippen LogP contribution in [0.15, 0.2) is 0 Å². The van der Waals surface area contributed by atoms with Crippen LogP contribution in [-0.2, 0) is 4.74 Å². The van der Waals surface area contributed by atoms with Gasteiger partial charge in [0.25, 0.3) is 0 Å². The zero-order chi connectivity index (χ0) is 7.68. The average Bonchev–Trinajstić information content (AvgIpc) is 2.55. The quantitative estimate of drug-likeness (QED) is 0.555. The Bertz CT molecular complexity index is 132. The summed E-state index contributed by atoms with van der Waals surface area (Å²) in [6, 6.07) is 0. The van der Waals surface area contributed by atoms with Crippen molar-refractivity contribution in [2.24, 2.45) is 11.8 Å². The van der Waals surface area contributed by atoms with Crippen molar-refractivity contribution in [3.8, 4) is 0 Å². The summed E-state index contributed by atoms with van der Waals surface area (Å²) in [7, 11) is 0. The molecule has 3 unspecified atom stereocenters. The van der Waals surface area contributed by atoms with Gasteiger partial charge >= 0.3 is 0 Å². The highest BCUT2D eigenvalue weighted by Crippen LogP contribution is 2.38. The van der Waals surface area contributed by atoms with Crippen LogP contribution in [0.1, 0.15) is 25.7 Å². The van der Waals surface area contributed by atoms with E-state index in [9.17, 15) is 0 Å². The predicted molar refractivity (Wildman–Crippen MR) is 45.9 cm³/mol.